The Morgan fingerprint density at radius 3 is 2.67 bits per heavy atom. The molecule has 0 saturated carbocycles. The van der Waals surface area contributed by atoms with Gasteiger partial charge in [-0.3, -0.25) is 0 Å². The van der Waals surface area contributed by atoms with E-state index in [0.717, 1.165) is 30.0 Å². The Kier molecular flexibility index (Phi) is 4.50. The fraction of sp³-hybridized carbons (Fsp3) is 0.400. The van der Waals surface area contributed by atoms with Crippen molar-refractivity contribution in [1.82, 2.24) is 0 Å². The average Bonchev–Trinajstić information content (AvgIpc) is 2.18. The molecule has 1 rings (SSSR count). The summed E-state index contributed by atoms with van der Waals surface area (Å²) in [7, 11) is 0. The van der Waals surface area contributed by atoms with E-state index in [9.17, 15) is 8.78 Å². The Morgan fingerprint density at radius 1 is 1.47 bits per heavy atom. The van der Waals surface area contributed by atoms with E-state index >= 15 is 0 Å². The van der Waals surface area contributed by atoms with Gasteiger partial charge < -0.3 is 10.8 Å². The molecule has 0 amide bonds. The summed E-state index contributed by atoms with van der Waals surface area (Å²) in [5.41, 5.74) is 5.59. The molecule has 0 bridgehead atoms. The molecule has 0 spiro atoms. The van der Waals surface area contributed by atoms with Gasteiger partial charge >= 0.3 is 0 Å². The summed E-state index contributed by atoms with van der Waals surface area (Å²) in [4.78, 5) is 0.173. The molecule has 0 aliphatic carbocycles. The molecule has 1 aromatic rings. The maximum absolute atomic E-state index is 13.2. The monoisotopic (exact) mass is 233 g/mol. The Labute approximate surface area is 91.5 Å². The minimum absolute atomic E-state index is 0.168. The summed E-state index contributed by atoms with van der Waals surface area (Å²) in [6.45, 7) is 1.55. The Bertz CT molecular complexity index is 333. The first kappa shape index (κ1) is 12.4. The van der Waals surface area contributed by atoms with Crippen LogP contribution in [0.4, 0.5) is 8.78 Å². The van der Waals surface area contributed by atoms with Gasteiger partial charge in [0.1, 0.15) is 11.6 Å². The third kappa shape index (κ3) is 3.44. The second-order valence-corrected chi connectivity index (χ2v) is 4.55. The number of aliphatic hydroxyl groups is 1. The summed E-state index contributed by atoms with van der Waals surface area (Å²) in [6, 6.07) is 2.93. The summed E-state index contributed by atoms with van der Waals surface area (Å²) in [5, 5.41) is 8.67. The smallest absolute Gasteiger partial charge is 0.136 e. The SMILES string of the molecule is CC(N)C(CO)Sc1cc(F)ccc1F. The van der Waals surface area contributed by atoms with Crippen molar-refractivity contribution >= 4 is 11.8 Å². The van der Waals surface area contributed by atoms with Crippen molar-refractivity contribution in [2.45, 2.75) is 23.1 Å². The van der Waals surface area contributed by atoms with Gasteiger partial charge in [0.05, 0.1) is 6.61 Å². The van der Waals surface area contributed by atoms with Crippen molar-refractivity contribution in [3.8, 4) is 0 Å². The number of aliphatic hydroxyl groups excluding tert-OH is 1. The van der Waals surface area contributed by atoms with E-state index in [1.807, 2.05) is 0 Å². The van der Waals surface area contributed by atoms with Crippen molar-refractivity contribution in [2.75, 3.05) is 6.61 Å². The molecule has 2 atom stereocenters. The van der Waals surface area contributed by atoms with Crippen molar-refractivity contribution < 1.29 is 13.9 Å². The van der Waals surface area contributed by atoms with Crippen LogP contribution in [0.2, 0.25) is 0 Å². The van der Waals surface area contributed by atoms with Gasteiger partial charge in [0, 0.05) is 16.2 Å². The standard InChI is InChI=1S/C10H13F2NOS/c1-6(13)10(5-14)15-9-4-7(11)2-3-8(9)12/h2-4,6,10,14H,5,13H2,1H3. The van der Waals surface area contributed by atoms with Crippen molar-refractivity contribution in [2.24, 2.45) is 5.73 Å². The molecule has 2 unspecified atom stereocenters. The van der Waals surface area contributed by atoms with Crippen LogP contribution in [-0.4, -0.2) is 23.0 Å². The highest BCUT2D eigenvalue weighted by Gasteiger charge is 2.16. The van der Waals surface area contributed by atoms with Gasteiger partial charge in [0.15, 0.2) is 0 Å². The van der Waals surface area contributed by atoms with Crippen LogP contribution in [0.5, 0.6) is 0 Å². The Balaban J connectivity index is 2.82. The minimum Gasteiger partial charge on any atom is -0.395 e. The summed E-state index contributed by atoms with van der Waals surface area (Å²) >= 11 is 1.05. The molecule has 84 valence electrons. The van der Waals surface area contributed by atoms with E-state index in [-0.39, 0.29) is 22.8 Å². The van der Waals surface area contributed by atoms with Gasteiger partial charge in [-0.1, -0.05) is 0 Å². The van der Waals surface area contributed by atoms with Crippen molar-refractivity contribution in [1.29, 1.82) is 0 Å². The van der Waals surface area contributed by atoms with Gasteiger partial charge in [-0.15, -0.1) is 11.8 Å². The van der Waals surface area contributed by atoms with Gasteiger partial charge in [0.25, 0.3) is 0 Å². The molecule has 0 radical (unpaired) electrons. The predicted octanol–water partition coefficient (Wildman–Crippen LogP) is 1.77. The molecule has 0 fully saturated rings. The van der Waals surface area contributed by atoms with Gasteiger partial charge in [-0.2, -0.15) is 0 Å². The molecule has 0 aliphatic heterocycles. The number of hydrogen-bond donors (Lipinski definition) is 2. The second kappa shape index (κ2) is 5.44. The summed E-state index contributed by atoms with van der Waals surface area (Å²) < 4.78 is 26.0. The second-order valence-electron chi connectivity index (χ2n) is 3.27. The molecule has 2 nitrogen and oxygen atoms in total. The first-order valence-corrected chi connectivity index (χ1v) is 5.40. The van der Waals surface area contributed by atoms with Crippen molar-refractivity contribution in [3.63, 3.8) is 0 Å². The van der Waals surface area contributed by atoms with Crippen LogP contribution in [0.15, 0.2) is 23.1 Å². The summed E-state index contributed by atoms with van der Waals surface area (Å²) in [5.74, 6) is -0.999. The lowest BCUT2D eigenvalue weighted by molar-refractivity contribution is 0.285. The zero-order valence-corrected chi connectivity index (χ0v) is 9.10. The Morgan fingerprint density at radius 2 is 2.13 bits per heavy atom. The van der Waals surface area contributed by atoms with E-state index in [0.29, 0.717) is 0 Å². The molecule has 5 heteroatoms. The fourth-order valence-electron chi connectivity index (χ4n) is 1.04. The quantitative estimate of drug-likeness (QED) is 0.779. The largest absolute Gasteiger partial charge is 0.395 e. The highest BCUT2D eigenvalue weighted by Crippen LogP contribution is 2.27. The lowest BCUT2D eigenvalue weighted by Gasteiger charge is -2.17. The van der Waals surface area contributed by atoms with Crippen LogP contribution in [0.3, 0.4) is 0 Å². The van der Waals surface area contributed by atoms with E-state index in [1.54, 1.807) is 6.92 Å². The van der Waals surface area contributed by atoms with Gasteiger partial charge in [0.2, 0.25) is 0 Å². The van der Waals surface area contributed by atoms with E-state index < -0.39 is 11.6 Å². The normalized spacial score (nSPS) is 15.0. The maximum Gasteiger partial charge on any atom is 0.136 e. The van der Waals surface area contributed by atoms with Crippen LogP contribution >= 0.6 is 11.8 Å². The molecule has 0 saturated heterocycles. The lowest BCUT2D eigenvalue weighted by atomic mass is 10.3. The third-order valence-electron chi connectivity index (χ3n) is 1.94. The van der Waals surface area contributed by atoms with Crippen LogP contribution in [-0.2, 0) is 0 Å². The molecule has 15 heavy (non-hydrogen) atoms. The first-order chi connectivity index (χ1) is 7.04. The van der Waals surface area contributed by atoms with E-state index in [4.69, 9.17) is 10.8 Å². The molecule has 0 heterocycles. The average molecular weight is 233 g/mol. The molecular formula is C10H13F2NOS. The maximum atomic E-state index is 13.2. The Hall–Kier alpha value is -0.650. The lowest BCUT2D eigenvalue weighted by Crippen LogP contribution is -2.31. The van der Waals surface area contributed by atoms with Crippen molar-refractivity contribution in [3.05, 3.63) is 29.8 Å². The van der Waals surface area contributed by atoms with Crippen LogP contribution in [0.1, 0.15) is 6.92 Å². The zero-order chi connectivity index (χ0) is 11.4. The highest BCUT2D eigenvalue weighted by atomic mass is 32.2. The number of rotatable bonds is 4. The van der Waals surface area contributed by atoms with Gasteiger partial charge in [-0.05, 0) is 25.1 Å². The summed E-state index contributed by atoms with van der Waals surface area (Å²) in [6.07, 6.45) is 0. The topological polar surface area (TPSA) is 46.2 Å². The molecular weight excluding hydrogens is 220 g/mol. The number of thioether (sulfide) groups is 1. The minimum atomic E-state index is -0.500. The van der Waals surface area contributed by atoms with Crippen LogP contribution in [0, 0.1) is 11.6 Å². The number of halogens is 2. The number of nitrogens with two attached hydrogens (primary N) is 1. The molecule has 3 N–H and O–H groups in total. The molecule has 0 aliphatic rings. The number of hydrogen-bond acceptors (Lipinski definition) is 3. The van der Waals surface area contributed by atoms with Crippen LogP contribution < -0.4 is 5.73 Å². The number of benzene rings is 1. The third-order valence-corrected chi connectivity index (χ3v) is 3.39. The highest BCUT2D eigenvalue weighted by molar-refractivity contribution is 8.00. The molecule has 0 aromatic heterocycles. The first-order valence-electron chi connectivity index (χ1n) is 4.52. The molecule has 1 aromatic carbocycles. The van der Waals surface area contributed by atoms with E-state index in [1.165, 1.54) is 0 Å². The van der Waals surface area contributed by atoms with Gasteiger partial charge in [-0.25, -0.2) is 8.78 Å². The zero-order valence-electron chi connectivity index (χ0n) is 8.28. The van der Waals surface area contributed by atoms with E-state index in [2.05, 4.69) is 0 Å². The fourth-order valence-corrected chi connectivity index (χ4v) is 2.02. The predicted molar refractivity (Wildman–Crippen MR) is 56.7 cm³/mol. The van der Waals surface area contributed by atoms with Crippen LogP contribution in [0.25, 0.3) is 0 Å².